The molecule has 1 atom stereocenters. The van der Waals surface area contributed by atoms with Gasteiger partial charge >= 0.3 is 0 Å². The molecule has 0 spiro atoms. The van der Waals surface area contributed by atoms with E-state index in [0.717, 1.165) is 36.8 Å². The molecule has 5 fully saturated rings. The maximum absolute atomic E-state index is 13.2. The van der Waals surface area contributed by atoms with Gasteiger partial charge in [-0.1, -0.05) is 22.9 Å². The topological polar surface area (TPSA) is 20.3 Å². The lowest BCUT2D eigenvalue weighted by atomic mass is 9.49. The first-order valence-corrected chi connectivity index (χ1v) is 9.91. The Morgan fingerprint density at radius 2 is 1.52 bits per heavy atom. The van der Waals surface area contributed by atoms with Crippen molar-refractivity contribution in [2.24, 2.45) is 29.1 Å². The molecule has 2 nitrogen and oxygen atoms in total. The molecule has 1 saturated heterocycles. The molecule has 0 aromatic heterocycles. The van der Waals surface area contributed by atoms with E-state index >= 15 is 0 Å². The van der Waals surface area contributed by atoms with Gasteiger partial charge in [0.15, 0.2) is 0 Å². The number of piperidine rings is 1. The summed E-state index contributed by atoms with van der Waals surface area (Å²) in [6.07, 6.45) is 10.3. The summed E-state index contributed by atoms with van der Waals surface area (Å²) in [5.74, 6) is 3.92. The van der Waals surface area contributed by atoms with E-state index in [-0.39, 0.29) is 5.41 Å². The zero-order chi connectivity index (χ0) is 14.6. The quantitative estimate of drug-likeness (QED) is 0.680. The van der Waals surface area contributed by atoms with E-state index in [1.54, 1.807) is 0 Å². The van der Waals surface area contributed by atoms with Gasteiger partial charge in [0.2, 0.25) is 5.91 Å². The van der Waals surface area contributed by atoms with Gasteiger partial charge in [0.05, 0.1) is 5.41 Å². The molecular weight excluding hydrogens is 326 g/mol. The van der Waals surface area contributed by atoms with Crippen LogP contribution < -0.4 is 0 Å². The van der Waals surface area contributed by atoms with Gasteiger partial charge in [0.1, 0.15) is 0 Å². The molecule has 0 aromatic carbocycles. The SMILES string of the molecule is CC(Br)C1CCN(C(=O)C23CC4CC(CC(C4)C2)C3)CC1. The summed E-state index contributed by atoms with van der Waals surface area (Å²) in [5.41, 5.74) is 0.0710. The zero-order valence-electron chi connectivity index (χ0n) is 13.2. The van der Waals surface area contributed by atoms with Crippen LogP contribution in [0.1, 0.15) is 58.3 Å². The maximum atomic E-state index is 13.2. The number of alkyl halides is 1. The molecule has 0 N–H and O–H groups in total. The molecule has 1 unspecified atom stereocenters. The summed E-state index contributed by atoms with van der Waals surface area (Å²) in [4.78, 5) is 16.1. The van der Waals surface area contributed by atoms with E-state index in [2.05, 4.69) is 27.8 Å². The molecule has 0 radical (unpaired) electrons. The number of carbonyl (C=O) groups excluding carboxylic acids is 1. The van der Waals surface area contributed by atoms with Crippen molar-refractivity contribution >= 4 is 21.8 Å². The van der Waals surface area contributed by atoms with Crippen molar-refractivity contribution in [1.29, 1.82) is 0 Å². The smallest absolute Gasteiger partial charge is 0.228 e. The minimum Gasteiger partial charge on any atom is -0.342 e. The number of carbonyl (C=O) groups is 1. The summed E-state index contributed by atoms with van der Waals surface area (Å²) in [6, 6.07) is 0. The summed E-state index contributed by atoms with van der Waals surface area (Å²) < 4.78 is 0. The van der Waals surface area contributed by atoms with Crippen molar-refractivity contribution in [3.63, 3.8) is 0 Å². The predicted octanol–water partition coefficient (Wildman–Crippen LogP) is 4.22. The monoisotopic (exact) mass is 353 g/mol. The van der Waals surface area contributed by atoms with Gasteiger partial charge in [-0.3, -0.25) is 4.79 Å². The Morgan fingerprint density at radius 3 is 1.95 bits per heavy atom. The first-order chi connectivity index (χ1) is 10.1. The van der Waals surface area contributed by atoms with Gasteiger partial charge in [-0.2, -0.15) is 0 Å². The Kier molecular flexibility index (Phi) is 3.63. The Bertz CT molecular complexity index is 390. The van der Waals surface area contributed by atoms with Gasteiger partial charge in [-0.25, -0.2) is 0 Å². The van der Waals surface area contributed by atoms with Crippen LogP contribution in [0.5, 0.6) is 0 Å². The third kappa shape index (κ3) is 2.48. The number of hydrogen-bond acceptors (Lipinski definition) is 1. The molecule has 118 valence electrons. The van der Waals surface area contributed by atoms with Crippen LogP contribution in [0.15, 0.2) is 0 Å². The van der Waals surface area contributed by atoms with Crippen LogP contribution in [-0.2, 0) is 4.79 Å². The summed E-state index contributed by atoms with van der Waals surface area (Å²) in [7, 11) is 0. The van der Waals surface area contributed by atoms with Crippen molar-refractivity contribution in [2.45, 2.75) is 63.1 Å². The minimum atomic E-state index is 0.0710. The average Bonchev–Trinajstić information content (AvgIpc) is 2.45. The molecule has 1 heterocycles. The van der Waals surface area contributed by atoms with Crippen LogP contribution in [0.3, 0.4) is 0 Å². The predicted molar refractivity (Wildman–Crippen MR) is 88.3 cm³/mol. The van der Waals surface area contributed by atoms with Crippen LogP contribution >= 0.6 is 15.9 Å². The fraction of sp³-hybridized carbons (Fsp3) is 0.944. The van der Waals surface area contributed by atoms with E-state index in [1.165, 1.54) is 51.4 Å². The highest BCUT2D eigenvalue weighted by Crippen LogP contribution is 2.60. The lowest BCUT2D eigenvalue weighted by molar-refractivity contribution is -0.159. The van der Waals surface area contributed by atoms with Gasteiger partial charge in [0.25, 0.3) is 0 Å². The largest absolute Gasteiger partial charge is 0.342 e. The molecule has 0 aromatic rings. The highest BCUT2D eigenvalue weighted by molar-refractivity contribution is 9.09. The van der Waals surface area contributed by atoms with Crippen molar-refractivity contribution in [2.75, 3.05) is 13.1 Å². The van der Waals surface area contributed by atoms with Gasteiger partial charge in [-0.05, 0) is 75.0 Å². The van der Waals surface area contributed by atoms with Crippen molar-refractivity contribution < 1.29 is 4.79 Å². The molecule has 3 heteroatoms. The van der Waals surface area contributed by atoms with Crippen LogP contribution in [0.2, 0.25) is 0 Å². The molecule has 4 aliphatic carbocycles. The fourth-order valence-electron chi connectivity index (χ4n) is 6.27. The second-order valence-corrected chi connectivity index (χ2v) is 9.95. The number of amides is 1. The van der Waals surface area contributed by atoms with Crippen LogP contribution in [0.25, 0.3) is 0 Å². The molecule has 21 heavy (non-hydrogen) atoms. The van der Waals surface area contributed by atoms with Crippen LogP contribution in [-0.4, -0.2) is 28.7 Å². The number of rotatable bonds is 2. The highest BCUT2D eigenvalue weighted by Gasteiger charge is 2.55. The molecule has 4 saturated carbocycles. The van der Waals surface area contributed by atoms with E-state index in [1.807, 2.05) is 0 Å². The summed E-state index contributed by atoms with van der Waals surface area (Å²) in [5, 5.41) is 0. The highest BCUT2D eigenvalue weighted by atomic mass is 79.9. The number of halogens is 1. The van der Waals surface area contributed by atoms with E-state index < -0.39 is 0 Å². The minimum absolute atomic E-state index is 0.0710. The summed E-state index contributed by atoms with van der Waals surface area (Å²) >= 11 is 3.72. The maximum Gasteiger partial charge on any atom is 0.228 e. The van der Waals surface area contributed by atoms with Gasteiger partial charge < -0.3 is 4.90 Å². The van der Waals surface area contributed by atoms with Crippen molar-refractivity contribution in [1.82, 2.24) is 4.90 Å². The van der Waals surface area contributed by atoms with E-state index in [9.17, 15) is 4.79 Å². The van der Waals surface area contributed by atoms with E-state index in [0.29, 0.717) is 10.7 Å². The second-order valence-electron chi connectivity index (χ2n) is 8.51. The second kappa shape index (κ2) is 5.25. The Balaban J connectivity index is 1.46. The Morgan fingerprint density at radius 1 is 1.05 bits per heavy atom. The number of nitrogens with zero attached hydrogens (tertiary/aromatic N) is 1. The van der Waals surface area contributed by atoms with Gasteiger partial charge in [-0.15, -0.1) is 0 Å². The zero-order valence-corrected chi connectivity index (χ0v) is 14.8. The molecule has 5 rings (SSSR count). The lowest BCUT2D eigenvalue weighted by Crippen LogP contribution is -2.55. The average molecular weight is 354 g/mol. The fourth-order valence-corrected chi connectivity index (χ4v) is 6.80. The standard InChI is InChI=1S/C18H28BrNO/c1-12(19)16-2-4-20(5-3-16)17(21)18-9-13-6-14(10-18)8-15(7-13)11-18/h12-16H,2-11H2,1H3. The first-order valence-electron chi connectivity index (χ1n) is 8.99. The van der Waals surface area contributed by atoms with E-state index in [4.69, 9.17) is 0 Å². The first kappa shape index (κ1) is 14.5. The third-order valence-electron chi connectivity index (χ3n) is 6.97. The Hall–Kier alpha value is -0.0500. The molecule has 5 aliphatic rings. The van der Waals surface area contributed by atoms with Gasteiger partial charge in [0, 0.05) is 17.9 Å². The summed E-state index contributed by atoms with van der Waals surface area (Å²) in [6.45, 7) is 4.25. The molecule has 1 aliphatic heterocycles. The van der Waals surface area contributed by atoms with Crippen molar-refractivity contribution in [3.05, 3.63) is 0 Å². The van der Waals surface area contributed by atoms with Crippen LogP contribution in [0, 0.1) is 29.1 Å². The molecule has 1 amide bonds. The molecular formula is C18H28BrNO. The van der Waals surface area contributed by atoms with Crippen LogP contribution in [0.4, 0.5) is 0 Å². The number of likely N-dealkylation sites (tertiary alicyclic amines) is 1. The lowest BCUT2D eigenvalue weighted by Gasteiger charge is -2.57. The van der Waals surface area contributed by atoms with Crippen molar-refractivity contribution in [3.8, 4) is 0 Å². The Labute approximate surface area is 137 Å². The third-order valence-corrected chi connectivity index (χ3v) is 7.72. The molecule has 4 bridgehead atoms. The normalized spacial score (nSPS) is 44.1. The number of hydrogen-bond donors (Lipinski definition) is 0.